The molecule has 0 fully saturated rings. The molecule has 2 aromatic rings. The maximum atomic E-state index is 13.5. The fourth-order valence-electron chi connectivity index (χ4n) is 2.69. The highest BCUT2D eigenvalue weighted by atomic mass is 32.2. The van der Waals surface area contributed by atoms with E-state index in [0.717, 1.165) is 16.7 Å². The largest absolute Gasteiger partial charge is 0.481 e. The maximum absolute atomic E-state index is 13.5. The third-order valence-corrected chi connectivity index (χ3v) is 4.49. The number of carboxylic acid groups (broad SMARTS) is 1. The molecule has 0 unspecified atom stereocenters. The molecule has 0 aliphatic heterocycles. The molecule has 1 aliphatic rings. The van der Waals surface area contributed by atoms with E-state index in [0.29, 0.717) is 11.1 Å². The minimum atomic E-state index is -0.919. The summed E-state index contributed by atoms with van der Waals surface area (Å²) < 4.78 is 13.5. The molecule has 1 aliphatic carbocycles. The summed E-state index contributed by atoms with van der Waals surface area (Å²) in [6.45, 7) is 0. The molecular formula is C19H15FO2S. The molecule has 23 heavy (non-hydrogen) atoms. The molecule has 2 aromatic carbocycles. The van der Waals surface area contributed by atoms with Crippen LogP contribution >= 0.6 is 11.8 Å². The van der Waals surface area contributed by atoms with Gasteiger partial charge in [-0.2, -0.15) is 0 Å². The summed E-state index contributed by atoms with van der Waals surface area (Å²) in [4.78, 5) is 12.2. The van der Waals surface area contributed by atoms with Crippen LogP contribution in [0.1, 0.15) is 23.1 Å². The number of carbonyl (C=O) groups is 1. The third kappa shape index (κ3) is 3.37. The van der Waals surface area contributed by atoms with Crippen LogP contribution in [0, 0.1) is 5.82 Å². The lowest BCUT2D eigenvalue weighted by Crippen LogP contribution is -1.96. The Morgan fingerprint density at radius 3 is 2.57 bits per heavy atom. The zero-order chi connectivity index (χ0) is 16.4. The summed E-state index contributed by atoms with van der Waals surface area (Å²) in [5, 5.41) is 9.05. The van der Waals surface area contributed by atoms with Crippen LogP contribution in [0.25, 0.3) is 17.2 Å². The normalized spacial score (nSPS) is 14.7. The minimum Gasteiger partial charge on any atom is -0.481 e. The van der Waals surface area contributed by atoms with Gasteiger partial charge in [-0.1, -0.05) is 18.2 Å². The summed E-state index contributed by atoms with van der Waals surface area (Å²) in [5.74, 6) is -1.28. The SMILES string of the molecule is CSc1ccc(C=C2C=C(CC(=O)O)c3cc(F)ccc32)cc1. The smallest absolute Gasteiger partial charge is 0.307 e. The lowest BCUT2D eigenvalue weighted by Gasteiger charge is -2.04. The maximum Gasteiger partial charge on any atom is 0.307 e. The summed E-state index contributed by atoms with van der Waals surface area (Å²) in [6, 6.07) is 12.6. The number of benzene rings is 2. The molecule has 0 atom stereocenters. The van der Waals surface area contributed by atoms with Gasteiger partial charge in [0.05, 0.1) is 6.42 Å². The zero-order valence-electron chi connectivity index (χ0n) is 12.5. The van der Waals surface area contributed by atoms with Crippen molar-refractivity contribution in [2.45, 2.75) is 11.3 Å². The molecule has 0 saturated heterocycles. The first-order chi connectivity index (χ1) is 11.1. The Labute approximate surface area is 138 Å². The first-order valence-electron chi connectivity index (χ1n) is 7.15. The third-order valence-electron chi connectivity index (χ3n) is 3.75. The molecule has 0 spiro atoms. The fraction of sp³-hybridized carbons (Fsp3) is 0.105. The molecule has 116 valence electrons. The number of fused-ring (bicyclic) bond motifs is 1. The quantitative estimate of drug-likeness (QED) is 0.807. The second-order valence-electron chi connectivity index (χ2n) is 5.30. The van der Waals surface area contributed by atoms with E-state index in [4.69, 9.17) is 5.11 Å². The average Bonchev–Trinajstić information content (AvgIpc) is 2.84. The van der Waals surface area contributed by atoms with Gasteiger partial charge in [-0.25, -0.2) is 4.39 Å². The number of carboxylic acids is 1. The van der Waals surface area contributed by atoms with Crippen molar-refractivity contribution in [1.82, 2.24) is 0 Å². The Morgan fingerprint density at radius 2 is 1.91 bits per heavy atom. The Kier molecular flexibility index (Phi) is 4.35. The van der Waals surface area contributed by atoms with Crippen molar-refractivity contribution in [3.05, 3.63) is 71.0 Å². The van der Waals surface area contributed by atoms with Gasteiger partial charge in [-0.05, 0) is 70.5 Å². The van der Waals surface area contributed by atoms with Gasteiger partial charge in [-0.3, -0.25) is 4.79 Å². The highest BCUT2D eigenvalue weighted by Crippen LogP contribution is 2.38. The summed E-state index contributed by atoms with van der Waals surface area (Å²) >= 11 is 1.68. The van der Waals surface area contributed by atoms with E-state index in [9.17, 15) is 9.18 Å². The van der Waals surface area contributed by atoms with Crippen molar-refractivity contribution >= 4 is 35.0 Å². The van der Waals surface area contributed by atoms with Crippen LogP contribution in [-0.4, -0.2) is 17.3 Å². The van der Waals surface area contributed by atoms with Crippen LogP contribution in [0.5, 0.6) is 0 Å². The first-order valence-corrected chi connectivity index (χ1v) is 8.38. The van der Waals surface area contributed by atoms with Gasteiger partial charge in [-0.15, -0.1) is 11.8 Å². The molecule has 0 amide bonds. The molecule has 1 N–H and O–H groups in total. The Bertz CT molecular complexity index is 820. The minimum absolute atomic E-state index is 0.112. The van der Waals surface area contributed by atoms with E-state index in [1.165, 1.54) is 17.0 Å². The monoisotopic (exact) mass is 326 g/mol. The van der Waals surface area contributed by atoms with Crippen molar-refractivity contribution < 1.29 is 14.3 Å². The van der Waals surface area contributed by atoms with E-state index in [-0.39, 0.29) is 12.2 Å². The van der Waals surface area contributed by atoms with E-state index in [1.54, 1.807) is 17.8 Å². The Balaban J connectivity index is 2.03. The van der Waals surface area contributed by atoms with Crippen molar-refractivity contribution in [2.75, 3.05) is 6.26 Å². The van der Waals surface area contributed by atoms with Crippen LogP contribution in [0.3, 0.4) is 0 Å². The predicted molar refractivity (Wildman–Crippen MR) is 92.7 cm³/mol. The summed E-state index contributed by atoms with van der Waals surface area (Å²) in [5.41, 5.74) is 4.11. The molecule has 0 heterocycles. The number of hydrogen-bond acceptors (Lipinski definition) is 2. The van der Waals surface area contributed by atoms with Crippen LogP contribution in [-0.2, 0) is 4.79 Å². The lowest BCUT2D eigenvalue weighted by atomic mass is 10.0. The van der Waals surface area contributed by atoms with E-state index < -0.39 is 5.97 Å². The summed E-state index contributed by atoms with van der Waals surface area (Å²) in [7, 11) is 0. The molecule has 0 saturated carbocycles. The van der Waals surface area contributed by atoms with Crippen LogP contribution in [0.4, 0.5) is 4.39 Å². The highest BCUT2D eigenvalue weighted by Gasteiger charge is 2.20. The lowest BCUT2D eigenvalue weighted by molar-refractivity contribution is -0.135. The molecule has 2 nitrogen and oxygen atoms in total. The molecule has 0 bridgehead atoms. The van der Waals surface area contributed by atoms with Gasteiger partial charge < -0.3 is 5.11 Å². The number of thioether (sulfide) groups is 1. The second-order valence-corrected chi connectivity index (χ2v) is 6.18. The highest BCUT2D eigenvalue weighted by molar-refractivity contribution is 7.98. The number of rotatable bonds is 4. The fourth-order valence-corrected chi connectivity index (χ4v) is 3.09. The molecule has 0 radical (unpaired) electrons. The van der Waals surface area contributed by atoms with E-state index in [1.807, 2.05) is 42.7 Å². The predicted octanol–water partition coefficient (Wildman–Crippen LogP) is 4.96. The number of allylic oxidation sites excluding steroid dienone is 2. The van der Waals surface area contributed by atoms with Crippen LogP contribution in [0.2, 0.25) is 0 Å². The van der Waals surface area contributed by atoms with Gasteiger partial charge >= 0.3 is 5.97 Å². The van der Waals surface area contributed by atoms with Gasteiger partial charge in [0.25, 0.3) is 0 Å². The topological polar surface area (TPSA) is 37.3 Å². The van der Waals surface area contributed by atoms with Gasteiger partial charge in [0, 0.05) is 4.90 Å². The Hall–Kier alpha value is -2.33. The number of hydrogen-bond donors (Lipinski definition) is 1. The van der Waals surface area contributed by atoms with Crippen molar-refractivity contribution in [3.63, 3.8) is 0 Å². The number of aliphatic carboxylic acids is 1. The standard InChI is InChI=1S/C19H15FO2S/c1-23-16-5-2-12(3-6-16)8-13-9-14(10-19(21)22)18-11-15(20)4-7-17(13)18/h2-9,11H,10H2,1H3,(H,21,22). The van der Waals surface area contributed by atoms with Gasteiger partial charge in [0.15, 0.2) is 0 Å². The molecule has 3 rings (SSSR count). The number of halogens is 1. The Morgan fingerprint density at radius 1 is 1.17 bits per heavy atom. The first kappa shape index (κ1) is 15.6. The molecular weight excluding hydrogens is 311 g/mol. The second kappa shape index (κ2) is 6.42. The molecule has 0 aromatic heterocycles. The van der Waals surface area contributed by atoms with Crippen molar-refractivity contribution in [2.24, 2.45) is 0 Å². The van der Waals surface area contributed by atoms with E-state index >= 15 is 0 Å². The van der Waals surface area contributed by atoms with Crippen molar-refractivity contribution in [3.8, 4) is 0 Å². The average molecular weight is 326 g/mol. The van der Waals surface area contributed by atoms with Crippen LogP contribution in [0.15, 0.2) is 53.4 Å². The molecule has 4 heteroatoms. The van der Waals surface area contributed by atoms with E-state index in [2.05, 4.69) is 0 Å². The van der Waals surface area contributed by atoms with Gasteiger partial charge in [0.2, 0.25) is 0 Å². The van der Waals surface area contributed by atoms with Gasteiger partial charge in [0.1, 0.15) is 5.82 Å². The zero-order valence-corrected chi connectivity index (χ0v) is 13.4. The van der Waals surface area contributed by atoms with Crippen molar-refractivity contribution in [1.29, 1.82) is 0 Å². The summed E-state index contributed by atoms with van der Waals surface area (Å²) in [6.07, 6.45) is 5.74. The van der Waals surface area contributed by atoms with Crippen LogP contribution < -0.4 is 0 Å².